The molecule has 2 amide bonds. The fourth-order valence-corrected chi connectivity index (χ4v) is 3.54. The molecule has 0 fully saturated rings. The Balaban J connectivity index is 1.55. The van der Waals surface area contributed by atoms with Crippen LogP contribution in [0.1, 0.15) is 19.4 Å². The quantitative estimate of drug-likeness (QED) is 0.687. The molecule has 0 aromatic heterocycles. The molecule has 2 aromatic carbocycles. The Morgan fingerprint density at radius 2 is 1.77 bits per heavy atom. The maximum absolute atomic E-state index is 12.7. The normalized spacial score (nSPS) is 12.6. The summed E-state index contributed by atoms with van der Waals surface area (Å²) >= 11 is 0. The fraction of sp³-hybridized carbons (Fsp3) is 0.391. The van der Waals surface area contributed by atoms with Gasteiger partial charge in [-0.15, -0.1) is 0 Å². The lowest BCUT2D eigenvalue weighted by Gasteiger charge is -2.22. The molecule has 7 heteroatoms. The molecule has 0 unspecified atom stereocenters. The predicted octanol–water partition coefficient (Wildman–Crippen LogP) is 2.94. The molecule has 160 valence electrons. The first-order valence-corrected chi connectivity index (χ1v) is 10.3. The number of nitrogens with one attached hydrogen (secondary N) is 1. The van der Waals surface area contributed by atoms with Crippen molar-refractivity contribution in [2.45, 2.75) is 20.3 Å². The van der Waals surface area contributed by atoms with Crippen molar-refractivity contribution in [1.82, 2.24) is 4.90 Å². The summed E-state index contributed by atoms with van der Waals surface area (Å²) in [5.41, 5.74) is 2.78. The van der Waals surface area contributed by atoms with Crippen LogP contribution in [-0.4, -0.2) is 56.6 Å². The van der Waals surface area contributed by atoms with E-state index in [9.17, 15) is 9.59 Å². The van der Waals surface area contributed by atoms with Gasteiger partial charge in [0.2, 0.25) is 11.8 Å². The first kappa shape index (κ1) is 21.6. The molecule has 0 aliphatic carbocycles. The first-order valence-electron chi connectivity index (χ1n) is 10.3. The van der Waals surface area contributed by atoms with Gasteiger partial charge in [0.15, 0.2) is 11.5 Å². The third kappa shape index (κ3) is 5.30. The number of carbonyl (C=O) groups is 2. The Kier molecular flexibility index (Phi) is 7.30. The molecule has 1 N–H and O–H groups in total. The van der Waals surface area contributed by atoms with Crippen LogP contribution in [0, 0.1) is 0 Å². The van der Waals surface area contributed by atoms with Gasteiger partial charge in [0, 0.05) is 24.0 Å². The zero-order valence-electron chi connectivity index (χ0n) is 17.8. The summed E-state index contributed by atoms with van der Waals surface area (Å²) in [7, 11) is 1.77. The van der Waals surface area contributed by atoms with E-state index in [4.69, 9.17) is 9.47 Å². The minimum Gasteiger partial charge on any atom is -0.490 e. The van der Waals surface area contributed by atoms with E-state index in [1.807, 2.05) is 38.1 Å². The van der Waals surface area contributed by atoms with Crippen molar-refractivity contribution in [1.29, 1.82) is 0 Å². The first-order chi connectivity index (χ1) is 14.5. The van der Waals surface area contributed by atoms with Crippen molar-refractivity contribution in [3.05, 3.63) is 48.0 Å². The van der Waals surface area contributed by atoms with Gasteiger partial charge in [0.1, 0.15) is 0 Å². The molecular weight excluding hydrogens is 382 g/mol. The Morgan fingerprint density at radius 1 is 1.03 bits per heavy atom. The van der Waals surface area contributed by atoms with Gasteiger partial charge in [0.25, 0.3) is 0 Å². The molecule has 3 rings (SSSR count). The topological polar surface area (TPSA) is 71.1 Å². The largest absolute Gasteiger partial charge is 0.490 e. The van der Waals surface area contributed by atoms with Crippen molar-refractivity contribution < 1.29 is 19.1 Å². The van der Waals surface area contributed by atoms with Crippen LogP contribution >= 0.6 is 0 Å². The summed E-state index contributed by atoms with van der Waals surface area (Å²) < 4.78 is 11.1. The number of amides is 2. The van der Waals surface area contributed by atoms with Gasteiger partial charge < -0.3 is 19.7 Å². The number of likely N-dealkylation sites (N-methyl/N-ethyl adjacent to an activating group) is 1. The third-order valence-corrected chi connectivity index (χ3v) is 4.83. The Hall–Kier alpha value is -3.06. The zero-order valence-corrected chi connectivity index (χ0v) is 17.8. The number of carbonyl (C=O) groups excluding carboxylic acids is 2. The highest BCUT2D eigenvalue weighted by molar-refractivity contribution is 5.97. The van der Waals surface area contributed by atoms with Crippen molar-refractivity contribution in [2.75, 3.05) is 50.1 Å². The summed E-state index contributed by atoms with van der Waals surface area (Å²) in [6.07, 6.45) is 0.867. The van der Waals surface area contributed by atoms with E-state index < -0.39 is 0 Å². The van der Waals surface area contributed by atoms with Crippen LogP contribution in [0.3, 0.4) is 0 Å². The van der Waals surface area contributed by atoms with Crippen LogP contribution in [0.2, 0.25) is 0 Å². The molecule has 1 heterocycles. The summed E-state index contributed by atoms with van der Waals surface area (Å²) in [5, 5.41) is 2.86. The second kappa shape index (κ2) is 10.1. The summed E-state index contributed by atoms with van der Waals surface area (Å²) in [6.45, 7) is 5.81. The van der Waals surface area contributed by atoms with Crippen molar-refractivity contribution in [3.63, 3.8) is 0 Å². The average Bonchev–Trinajstić information content (AvgIpc) is 3.14. The number of para-hydroxylation sites is 1. The smallest absolute Gasteiger partial charge is 0.241 e. The molecule has 0 saturated carbocycles. The van der Waals surface area contributed by atoms with Crippen LogP contribution in [0.4, 0.5) is 11.4 Å². The van der Waals surface area contributed by atoms with Gasteiger partial charge in [-0.25, -0.2) is 0 Å². The highest BCUT2D eigenvalue weighted by Gasteiger charge is 2.25. The van der Waals surface area contributed by atoms with E-state index in [-0.39, 0.29) is 24.9 Å². The zero-order chi connectivity index (χ0) is 21.5. The minimum atomic E-state index is -0.196. The van der Waals surface area contributed by atoms with Crippen LogP contribution < -0.4 is 19.7 Å². The van der Waals surface area contributed by atoms with Gasteiger partial charge >= 0.3 is 0 Å². The molecule has 1 aliphatic heterocycles. The van der Waals surface area contributed by atoms with Crippen molar-refractivity contribution in [3.8, 4) is 11.5 Å². The number of benzene rings is 2. The Morgan fingerprint density at radius 3 is 2.53 bits per heavy atom. The number of anilines is 2. The van der Waals surface area contributed by atoms with Gasteiger partial charge in [-0.2, -0.15) is 0 Å². The van der Waals surface area contributed by atoms with E-state index in [2.05, 4.69) is 5.32 Å². The molecule has 0 saturated heterocycles. The van der Waals surface area contributed by atoms with Crippen LogP contribution in [-0.2, 0) is 16.0 Å². The molecular formula is C23H29N3O4. The Bertz CT molecular complexity index is 900. The summed E-state index contributed by atoms with van der Waals surface area (Å²) in [5.74, 6) is 1.04. The second-order valence-electron chi connectivity index (χ2n) is 7.17. The monoisotopic (exact) mass is 411 g/mol. The van der Waals surface area contributed by atoms with Crippen molar-refractivity contribution in [2.24, 2.45) is 0 Å². The standard InChI is InChI=1S/C23H29N3O4/c1-4-29-20-11-10-18(14-21(20)30-5-2)24-22(27)15-25(3)16-23(28)26-13-12-17-8-6-7-9-19(17)26/h6-11,14H,4-5,12-13,15-16H2,1-3H3,(H,24,27). The summed E-state index contributed by atoms with van der Waals surface area (Å²) in [4.78, 5) is 28.7. The van der Waals surface area contributed by atoms with E-state index in [0.717, 1.165) is 12.1 Å². The molecule has 0 atom stereocenters. The predicted molar refractivity (Wildman–Crippen MR) is 117 cm³/mol. The number of fused-ring (bicyclic) bond motifs is 1. The number of hydrogen-bond acceptors (Lipinski definition) is 5. The summed E-state index contributed by atoms with van der Waals surface area (Å²) in [6, 6.07) is 13.2. The highest BCUT2D eigenvalue weighted by Crippen LogP contribution is 2.30. The third-order valence-electron chi connectivity index (χ3n) is 4.83. The van der Waals surface area contributed by atoms with Gasteiger partial charge in [0.05, 0.1) is 26.3 Å². The van der Waals surface area contributed by atoms with E-state index in [1.165, 1.54) is 5.56 Å². The molecule has 0 bridgehead atoms. The Labute approximate surface area is 177 Å². The average molecular weight is 412 g/mol. The molecule has 7 nitrogen and oxygen atoms in total. The number of nitrogens with zero attached hydrogens (tertiary/aromatic N) is 2. The molecule has 0 spiro atoms. The highest BCUT2D eigenvalue weighted by atomic mass is 16.5. The lowest BCUT2D eigenvalue weighted by atomic mass is 10.2. The second-order valence-corrected chi connectivity index (χ2v) is 7.17. The number of hydrogen-bond donors (Lipinski definition) is 1. The van der Waals surface area contributed by atoms with Crippen LogP contribution in [0.25, 0.3) is 0 Å². The number of ether oxygens (including phenoxy) is 2. The van der Waals surface area contributed by atoms with Gasteiger partial charge in [-0.3, -0.25) is 14.5 Å². The number of rotatable bonds is 9. The maximum Gasteiger partial charge on any atom is 0.241 e. The van der Waals surface area contributed by atoms with Gasteiger partial charge in [-0.05, 0) is 51.1 Å². The SMILES string of the molecule is CCOc1ccc(NC(=O)CN(C)CC(=O)N2CCc3ccccc32)cc1OCC. The van der Waals surface area contributed by atoms with Gasteiger partial charge in [-0.1, -0.05) is 18.2 Å². The lowest BCUT2D eigenvalue weighted by molar-refractivity contribution is -0.120. The lowest BCUT2D eigenvalue weighted by Crippen LogP contribution is -2.40. The molecule has 2 aromatic rings. The molecule has 1 aliphatic rings. The molecule has 30 heavy (non-hydrogen) atoms. The van der Waals surface area contributed by atoms with E-state index in [1.54, 1.807) is 35.0 Å². The van der Waals surface area contributed by atoms with E-state index in [0.29, 0.717) is 36.9 Å². The maximum atomic E-state index is 12.7. The molecule has 0 radical (unpaired) electrons. The fourth-order valence-electron chi connectivity index (χ4n) is 3.54. The van der Waals surface area contributed by atoms with Crippen molar-refractivity contribution >= 4 is 23.2 Å². The van der Waals surface area contributed by atoms with Crippen LogP contribution in [0.5, 0.6) is 11.5 Å². The van der Waals surface area contributed by atoms with Crippen LogP contribution in [0.15, 0.2) is 42.5 Å². The van der Waals surface area contributed by atoms with E-state index >= 15 is 0 Å². The minimum absolute atomic E-state index is 0.00468.